The molecule has 0 heterocycles. The van der Waals surface area contributed by atoms with Gasteiger partial charge < -0.3 is 0 Å². The minimum Gasteiger partial charge on any atom is -0.290 e. The first-order chi connectivity index (χ1) is 6.06. The Kier molecular flexibility index (Phi) is 4.39. The molecule has 0 radical (unpaired) electrons. The number of benzene rings is 1. The Morgan fingerprint density at radius 2 is 1.64 bits per heavy atom. The van der Waals surface area contributed by atoms with Gasteiger partial charge in [0.05, 0.1) is 0 Å². The summed E-state index contributed by atoms with van der Waals surface area (Å²) in [5.41, 5.74) is 0.642. The standard InChI is InChI=1S/C7H5F3N2O.ClH/c8-3-1-4(9)6(5(10)2-3)7(13)12-11;/h1-2H,11H2,(H,12,13);1H. The zero-order valence-electron chi connectivity index (χ0n) is 6.68. The molecule has 1 aromatic carbocycles. The lowest BCUT2D eigenvalue weighted by Gasteiger charge is -2.02. The van der Waals surface area contributed by atoms with E-state index in [9.17, 15) is 18.0 Å². The molecular weight excluding hydrogens is 221 g/mol. The van der Waals surface area contributed by atoms with Gasteiger partial charge in [-0.2, -0.15) is 0 Å². The van der Waals surface area contributed by atoms with Crippen molar-refractivity contribution < 1.29 is 18.0 Å². The van der Waals surface area contributed by atoms with Gasteiger partial charge in [0, 0.05) is 12.1 Å². The van der Waals surface area contributed by atoms with Crippen molar-refractivity contribution in [2.24, 2.45) is 5.84 Å². The number of nitrogens with two attached hydrogens (primary N) is 1. The Balaban J connectivity index is 0.00000169. The predicted octanol–water partition coefficient (Wildman–Crippen LogP) is 1.13. The van der Waals surface area contributed by atoms with Crippen LogP contribution in [-0.2, 0) is 0 Å². The summed E-state index contributed by atoms with van der Waals surface area (Å²) in [5.74, 6) is -0.167. The van der Waals surface area contributed by atoms with E-state index in [1.165, 1.54) is 0 Å². The number of hydrogen-bond donors (Lipinski definition) is 2. The van der Waals surface area contributed by atoms with Gasteiger partial charge in [0.2, 0.25) is 0 Å². The fraction of sp³-hybridized carbons (Fsp3) is 0. The minimum atomic E-state index is -1.29. The molecule has 1 rings (SSSR count). The van der Waals surface area contributed by atoms with Crippen molar-refractivity contribution in [3.05, 3.63) is 35.1 Å². The zero-order chi connectivity index (χ0) is 10.0. The molecule has 14 heavy (non-hydrogen) atoms. The Bertz CT molecular complexity index is 336. The number of rotatable bonds is 1. The van der Waals surface area contributed by atoms with Crippen molar-refractivity contribution in [3.63, 3.8) is 0 Å². The fourth-order valence-corrected chi connectivity index (χ4v) is 0.831. The fourth-order valence-electron chi connectivity index (χ4n) is 0.831. The van der Waals surface area contributed by atoms with Crippen LogP contribution in [0.4, 0.5) is 13.2 Å². The monoisotopic (exact) mass is 226 g/mol. The van der Waals surface area contributed by atoms with Crippen LogP contribution in [0.2, 0.25) is 0 Å². The summed E-state index contributed by atoms with van der Waals surface area (Å²) in [5, 5.41) is 0. The highest BCUT2D eigenvalue weighted by atomic mass is 35.5. The van der Waals surface area contributed by atoms with Gasteiger partial charge in [-0.1, -0.05) is 0 Å². The van der Waals surface area contributed by atoms with Crippen molar-refractivity contribution in [2.75, 3.05) is 0 Å². The first kappa shape index (κ1) is 12.7. The summed E-state index contributed by atoms with van der Waals surface area (Å²) in [6, 6.07) is 0.793. The maximum absolute atomic E-state index is 12.8. The van der Waals surface area contributed by atoms with E-state index >= 15 is 0 Å². The van der Waals surface area contributed by atoms with Gasteiger partial charge in [0.15, 0.2) is 0 Å². The number of hydrogen-bond acceptors (Lipinski definition) is 2. The third kappa shape index (κ3) is 2.36. The molecule has 0 saturated carbocycles. The van der Waals surface area contributed by atoms with Crippen LogP contribution in [0, 0.1) is 17.5 Å². The van der Waals surface area contributed by atoms with Crippen molar-refractivity contribution in [2.45, 2.75) is 0 Å². The van der Waals surface area contributed by atoms with E-state index in [4.69, 9.17) is 0 Å². The maximum atomic E-state index is 12.8. The topological polar surface area (TPSA) is 55.1 Å². The molecule has 78 valence electrons. The predicted molar refractivity (Wildman–Crippen MR) is 45.2 cm³/mol. The van der Waals surface area contributed by atoms with Gasteiger partial charge in [-0.05, 0) is 0 Å². The summed E-state index contributed by atoms with van der Waals surface area (Å²) in [4.78, 5) is 10.7. The van der Waals surface area contributed by atoms with Crippen LogP contribution >= 0.6 is 12.4 Å². The lowest BCUT2D eigenvalue weighted by Crippen LogP contribution is -2.31. The van der Waals surface area contributed by atoms with Gasteiger partial charge in [-0.25, -0.2) is 19.0 Å². The molecule has 0 aliphatic carbocycles. The Hall–Kier alpha value is -1.27. The van der Waals surface area contributed by atoms with Gasteiger partial charge >= 0.3 is 0 Å². The normalized spacial score (nSPS) is 9.14. The Morgan fingerprint density at radius 3 is 2.00 bits per heavy atom. The summed E-state index contributed by atoms with van der Waals surface area (Å²) < 4.78 is 37.8. The van der Waals surface area contributed by atoms with Crippen molar-refractivity contribution in [1.82, 2.24) is 5.43 Å². The summed E-state index contributed by atoms with van der Waals surface area (Å²) in [6.07, 6.45) is 0. The largest absolute Gasteiger partial charge is 0.290 e. The van der Waals surface area contributed by atoms with E-state index in [1.54, 1.807) is 5.43 Å². The molecule has 0 spiro atoms. The van der Waals surface area contributed by atoms with Crippen LogP contribution in [0.3, 0.4) is 0 Å². The molecule has 1 amide bonds. The molecule has 0 aliphatic rings. The smallest absolute Gasteiger partial charge is 0.271 e. The molecular formula is C7H6ClF3N2O. The molecule has 0 atom stereocenters. The zero-order valence-corrected chi connectivity index (χ0v) is 7.50. The second-order valence-electron chi connectivity index (χ2n) is 2.22. The molecule has 3 N–H and O–H groups in total. The number of amides is 1. The molecule has 1 aromatic rings. The average molecular weight is 227 g/mol. The molecule has 0 bridgehead atoms. The minimum absolute atomic E-state index is 0. The van der Waals surface area contributed by atoms with Crippen LogP contribution in [0.1, 0.15) is 10.4 Å². The molecule has 7 heteroatoms. The maximum Gasteiger partial charge on any atom is 0.271 e. The summed E-state index contributed by atoms with van der Waals surface area (Å²) in [7, 11) is 0. The number of carbonyl (C=O) groups excluding carboxylic acids is 1. The van der Waals surface area contributed by atoms with Crippen LogP contribution in [-0.4, -0.2) is 5.91 Å². The lowest BCUT2D eigenvalue weighted by atomic mass is 10.2. The van der Waals surface area contributed by atoms with E-state index in [2.05, 4.69) is 5.84 Å². The highest BCUT2D eigenvalue weighted by Crippen LogP contribution is 2.13. The van der Waals surface area contributed by atoms with E-state index in [0.717, 1.165) is 0 Å². The van der Waals surface area contributed by atoms with Gasteiger partial charge in [-0.15, -0.1) is 12.4 Å². The summed E-state index contributed by atoms with van der Waals surface area (Å²) in [6.45, 7) is 0. The van der Waals surface area contributed by atoms with Gasteiger partial charge in [0.1, 0.15) is 23.0 Å². The molecule has 0 aromatic heterocycles. The van der Waals surface area contributed by atoms with Crippen molar-refractivity contribution in [1.29, 1.82) is 0 Å². The molecule has 0 fully saturated rings. The van der Waals surface area contributed by atoms with Crippen LogP contribution < -0.4 is 11.3 Å². The number of nitrogens with one attached hydrogen (secondary N) is 1. The first-order valence-electron chi connectivity index (χ1n) is 3.21. The van der Waals surface area contributed by atoms with Gasteiger partial charge in [-0.3, -0.25) is 10.2 Å². The second-order valence-corrected chi connectivity index (χ2v) is 2.22. The molecule has 3 nitrogen and oxygen atoms in total. The van der Waals surface area contributed by atoms with E-state index in [-0.39, 0.29) is 12.4 Å². The van der Waals surface area contributed by atoms with Crippen molar-refractivity contribution in [3.8, 4) is 0 Å². The lowest BCUT2D eigenvalue weighted by molar-refractivity contribution is 0.0945. The average Bonchev–Trinajstić information content (AvgIpc) is 2.02. The molecule has 0 saturated heterocycles. The van der Waals surface area contributed by atoms with E-state index in [0.29, 0.717) is 12.1 Å². The number of halogens is 4. The van der Waals surface area contributed by atoms with Crippen LogP contribution in [0.15, 0.2) is 12.1 Å². The second kappa shape index (κ2) is 4.83. The third-order valence-corrected chi connectivity index (χ3v) is 1.37. The van der Waals surface area contributed by atoms with E-state index in [1.807, 2.05) is 0 Å². The molecule has 0 aliphatic heterocycles. The molecule has 0 unspecified atom stereocenters. The highest BCUT2D eigenvalue weighted by molar-refractivity contribution is 5.94. The first-order valence-corrected chi connectivity index (χ1v) is 3.21. The SMILES string of the molecule is Cl.NNC(=O)c1c(F)cc(F)cc1F. The Labute approximate surface area is 83.5 Å². The third-order valence-electron chi connectivity index (χ3n) is 1.37. The number of nitrogen functional groups attached to an aromatic ring is 1. The number of carbonyl (C=O) groups is 1. The van der Waals surface area contributed by atoms with Crippen LogP contribution in [0.25, 0.3) is 0 Å². The number of hydrazine groups is 1. The van der Waals surface area contributed by atoms with Gasteiger partial charge in [0.25, 0.3) is 5.91 Å². The van der Waals surface area contributed by atoms with Crippen molar-refractivity contribution >= 4 is 18.3 Å². The Morgan fingerprint density at radius 1 is 1.21 bits per heavy atom. The highest BCUT2D eigenvalue weighted by Gasteiger charge is 2.17. The van der Waals surface area contributed by atoms with E-state index < -0.39 is 28.9 Å². The van der Waals surface area contributed by atoms with Crippen LogP contribution in [0.5, 0.6) is 0 Å². The quantitative estimate of drug-likeness (QED) is 0.429. The summed E-state index contributed by atoms with van der Waals surface area (Å²) >= 11 is 0.